The Labute approximate surface area is 265 Å². The summed E-state index contributed by atoms with van der Waals surface area (Å²) in [4.78, 5) is 34.1. The van der Waals surface area contributed by atoms with E-state index in [2.05, 4.69) is 88.2 Å². The van der Waals surface area contributed by atoms with E-state index >= 15 is 0 Å². The second kappa shape index (κ2) is 10.7. The second-order valence-electron chi connectivity index (χ2n) is 11.1. The van der Waals surface area contributed by atoms with Gasteiger partial charge >= 0.3 is 0 Å². The smallest absolute Gasteiger partial charge is 0.252 e. The van der Waals surface area contributed by atoms with E-state index in [9.17, 15) is 9.59 Å². The van der Waals surface area contributed by atoms with Gasteiger partial charge in [0.1, 0.15) is 21.4 Å². The summed E-state index contributed by atoms with van der Waals surface area (Å²) >= 11 is 2.78. The quantitative estimate of drug-likeness (QED) is 0.180. The number of hydrogen-bond donors (Lipinski definition) is 0. The van der Waals surface area contributed by atoms with Crippen LogP contribution in [0, 0.1) is 13.8 Å². The number of benzene rings is 5. The zero-order valence-electron chi connectivity index (χ0n) is 24.3. The van der Waals surface area contributed by atoms with E-state index in [1.165, 1.54) is 11.1 Å². The fraction of sp³-hybridized carbons (Fsp3) is 0.0541. The van der Waals surface area contributed by atoms with Crippen LogP contribution in [-0.2, 0) is 0 Å². The maximum Gasteiger partial charge on any atom is 0.252 e. The highest BCUT2D eigenvalue weighted by Gasteiger charge is 2.19. The van der Waals surface area contributed by atoms with Gasteiger partial charge in [0.2, 0.25) is 5.43 Å². The second-order valence-corrected chi connectivity index (χ2v) is 12.7. The SMILES string of the molecule is Cc1ccc(N(c2ccc(C)cc2)c2ccc(-c3ccc(N=c4c(=O)c(=O)c5cc6ccccc6cc45)c4nsnc34)s2)cc1. The number of anilines is 3. The number of thiophene rings is 1. The number of fused-ring (bicyclic) bond motifs is 3. The van der Waals surface area contributed by atoms with E-state index in [1.807, 2.05) is 42.5 Å². The third-order valence-corrected chi connectivity index (χ3v) is 9.73. The van der Waals surface area contributed by atoms with Gasteiger partial charge < -0.3 is 4.90 Å². The van der Waals surface area contributed by atoms with Gasteiger partial charge in [0.25, 0.3) is 5.43 Å². The molecule has 0 aliphatic heterocycles. The van der Waals surface area contributed by atoms with Gasteiger partial charge in [0, 0.05) is 32.6 Å². The first-order valence-corrected chi connectivity index (χ1v) is 16.0. The van der Waals surface area contributed by atoms with Crippen molar-refractivity contribution in [1.82, 2.24) is 8.75 Å². The normalized spacial score (nSPS) is 12.1. The molecule has 0 saturated heterocycles. The average Bonchev–Trinajstić information content (AvgIpc) is 3.79. The van der Waals surface area contributed by atoms with Gasteiger partial charge in [-0.15, -0.1) is 11.3 Å². The maximum atomic E-state index is 13.1. The molecule has 2 aromatic heterocycles. The minimum absolute atomic E-state index is 0.146. The Kier molecular flexibility index (Phi) is 6.48. The first kappa shape index (κ1) is 27.3. The van der Waals surface area contributed by atoms with Crippen molar-refractivity contribution in [2.24, 2.45) is 4.99 Å². The largest absolute Gasteiger partial charge is 0.302 e. The molecule has 45 heavy (non-hydrogen) atoms. The summed E-state index contributed by atoms with van der Waals surface area (Å²) in [5.74, 6) is 0. The van der Waals surface area contributed by atoms with Crippen molar-refractivity contribution in [3.8, 4) is 10.4 Å². The van der Waals surface area contributed by atoms with Gasteiger partial charge in [-0.2, -0.15) is 8.75 Å². The third kappa shape index (κ3) is 4.66. The molecule has 0 aliphatic carbocycles. The lowest BCUT2D eigenvalue weighted by Gasteiger charge is -2.24. The van der Waals surface area contributed by atoms with Crippen molar-refractivity contribution in [1.29, 1.82) is 0 Å². The Hall–Kier alpha value is -5.31. The first-order valence-electron chi connectivity index (χ1n) is 14.4. The summed E-state index contributed by atoms with van der Waals surface area (Å²) in [6.07, 6.45) is 0. The molecular formula is C37H24N4O2S2. The third-order valence-electron chi connectivity index (χ3n) is 8.10. The van der Waals surface area contributed by atoms with E-state index in [0.717, 1.165) is 49.3 Å². The van der Waals surface area contributed by atoms with Gasteiger partial charge in [0.15, 0.2) is 0 Å². The Morgan fingerprint density at radius 2 is 1.27 bits per heavy atom. The van der Waals surface area contributed by atoms with E-state index in [-0.39, 0.29) is 5.36 Å². The van der Waals surface area contributed by atoms with Crippen LogP contribution in [0.2, 0.25) is 0 Å². The first-order chi connectivity index (χ1) is 21.9. The monoisotopic (exact) mass is 620 g/mol. The molecule has 0 atom stereocenters. The van der Waals surface area contributed by atoms with Crippen molar-refractivity contribution in [2.45, 2.75) is 13.8 Å². The summed E-state index contributed by atoms with van der Waals surface area (Å²) in [5, 5.41) is 4.01. The van der Waals surface area contributed by atoms with Crippen LogP contribution in [0.15, 0.2) is 124 Å². The zero-order chi connectivity index (χ0) is 30.7. The van der Waals surface area contributed by atoms with Crippen LogP contribution in [0.3, 0.4) is 0 Å². The highest BCUT2D eigenvalue weighted by molar-refractivity contribution is 7.19. The fourth-order valence-electron chi connectivity index (χ4n) is 5.73. The van der Waals surface area contributed by atoms with E-state index in [0.29, 0.717) is 27.5 Å². The lowest BCUT2D eigenvalue weighted by molar-refractivity contribution is 1.29. The number of rotatable bonds is 5. The summed E-state index contributed by atoms with van der Waals surface area (Å²) in [6.45, 7) is 4.18. The van der Waals surface area contributed by atoms with Gasteiger partial charge in [-0.1, -0.05) is 59.7 Å². The van der Waals surface area contributed by atoms with E-state index in [1.54, 1.807) is 17.4 Å². The molecule has 6 nitrogen and oxygen atoms in total. The summed E-state index contributed by atoms with van der Waals surface area (Å²) in [6, 6.07) is 36.5. The van der Waals surface area contributed by atoms with Gasteiger partial charge in [-0.3, -0.25) is 9.59 Å². The van der Waals surface area contributed by atoms with Gasteiger partial charge in [0.05, 0.1) is 17.4 Å². The Bertz CT molecular complexity index is 2510. The van der Waals surface area contributed by atoms with Gasteiger partial charge in [-0.25, -0.2) is 4.99 Å². The molecule has 0 amide bonds. The molecule has 0 unspecified atom stereocenters. The van der Waals surface area contributed by atoms with E-state index in [4.69, 9.17) is 4.99 Å². The molecule has 0 bridgehead atoms. The van der Waals surface area contributed by atoms with Crippen molar-refractivity contribution >= 4 is 77.7 Å². The van der Waals surface area contributed by atoms with Gasteiger partial charge in [-0.05, 0) is 85.3 Å². The molecule has 0 N–H and O–H groups in total. The van der Waals surface area contributed by atoms with Crippen molar-refractivity contribution in [2.75, 3.05) is 4.90 Å². The highest BCUT2D eigenvalue weighted by atomic mass is 32.1. The summed E-state index contributed by atoms with van der Waals surface area (Å²) < 4.78 is 9.21. The van der Waals surface area contributed by atoms with Crippen molar-refractivity contribution in [3.05, 3.63) is 146 Å². The molecule has 0 radical (unpaired) electrons. The average molecular weight is 621 g/mol. The minimum atomic E-state index is -0.601. The topological polar surface area (TPSA) is 75.5 Å². The molecular weight excluding hydrogens is 597 g/mol. The van der Waals surface area contributed by atoms with Crippen LogP contribution in [0.1, 0.15) is 11.1 Å². The Morgan fingerprint density at radius 1 is 0.644 bits per heavy atom. The Balaban J connectivity index is 1.24. The fourth-order valence-corrected chi connectivity index (χ4v) is 7.38. The van der Waals surface area contributed by atoms with Crippen molar-refractivity contribution < 1.29 is 0 Å². The molecule has 8 heteroatoms. The molecule has 216 valence electrons. The predicted molar refractivity (Wildman–Crippen MR) is 186 cm³/mol. The molecule has 0 aliphatic rings. The lowest BCUT2D eigenvalue weighted by atomic mass is 10.1. The highest BCUT2D eigenvalue weighted by Crippen LogP contribution is 2.44. The maximum absolute atomic E-state index is 13.1. The summed E-state index contributed by atoms with van der Waals surface area (Å²) in [5.41, 5.74) is 6.19. The molecule has 0 fully saturated rings. The molecule has 0 spiro atoms. The number of aromatic nitrogens is 2. The molecule has 2 heterocycles. The molecule has 8 aromatic rings. The molecule has 8 rings (SSSR count). The van der Waals surface area contributed by atoms with Crippen LogP contribution < -0.4 is 21.1 Å². The summed E-state index contributed by atoms with van der Waals surface area (Å²) in [7, 11) is 0. The molecule has 0 saturated carbocycles. The van der Waals surface area contributed by atoms with Crippen LogP contribution >= 0.6 is 23.1 Å². The number of nitrogens with zero attached hydrogens (tertiary/aromatic N) is 4. The lowest BCUT2D eigenvalue weighted by Crippen LogP contribution is -2.30. The minimum Gasteiger partial charge on any atom is -0.302 e. The Morgan fingerprint density at radius 3 is 1.93 bits per heavy atom. The molecule has 6 aromatic carbocycles. The van der Waals surface area contributed by atoms with Crippen LogP contribution in [-0.4, -0.2) is 8.75 Å². The predicted octanol–water partition coefficient (Wildman–Crippen LogP) is 8.64. The number of hydrogen-bond acceptors (Lipinski definition) is 8. The van der Waals surface area contributed by atoms with E-state index < -0.39 is 10.9 Å². The zero-order valence-corrected chi connectivity index (χ0v) is 25.9. The van der Waals surface area contributed by atoms with Crippen LogP contribution in [0.5, 0.6) is 0 Å². The van der Waals surface area contributed by atoms with Crippen LogP contribution in [0.4, 0.5) is 22.1 Å². The van der Waals surface area contributed by atoms with Crippen LogP contribution in [0.25, 0.3) is 43.0 Å². The van der Waals surface area contributed by atoms with Crippen molar-refractivity contribution in [3.63, 3.8) is 0 Å². The number of aryl methyl sites for hydroxylation is 2. The standard InChI is InChI=1S/C37H24N4O2S2/c1-21-7-11-25(12-8-21)41(26-13-9-22(2)10-14-26)32-18-17-31(44-32)27-15-16-30(35-33(27)39-45-40-35)38-34-28-19-23-5-3-4-6-24(23)20-29(28)36(42)37(34)43/h3-20H,1-2H3.